The minimum atomic E-state index is -4.79. The van der Waals surface area contributed by atoms with E-state index in [-0.39, 0.29) is 31.3 Å². The number of carbonyl (C=O) groups is 2. The number of ether oxygens (including phenoxy) is 2. The summed E-state index contributed by atoms with van der Waals surface area (Å²) in [6, 6.07) is 0. The standard InChI is InChI=1S/C33H61O11P/c1-3-5-7-8-9-10-16-20-33(38)44-27(25-43-45(39,40)41)24-42-32(37)19-15-12-11-14-18-28-29(31(36)23-30(28)35)22-21-26(34)17-13-6-4-2/h21-22,26-31,34-36H,3-20,23-25H2,1-2H3,(H2,39,40,41)/b22-21+/t26-,27+,28+,29+,30-,31+/m0/s1. The van der Waals surface area contributed by atoms with Gasteiger partial charge in [0.15, 0.2) is 6.10 Å². The van der Waals surface area contributed by atoms with Crippen molar-refractivity contribution in [1.29, 1.82) is 0 Å². The molecule has 0 radical (unpaired) electrons. The molecule has 12 heteroatoms. The zero-order chi connectivity index (χ0) is 33.5. The van der Waals surface area contributed by atoms with E-state index in [1.165, 1.54) is 19.3 Å². The third-order valence-corrected chi connectivity index (χ3v) is 8.87. The van der Waals surface area contributed by atoms with Crippen LogP contribution in [0.4, 0.5) is 0 Å². The molecule has 45 heavy (non-hydrogen) atoms. The molecule has 1 aliphatic rings. The highest BCUT2D eigenvalue weighted by molar-refractivity contribution is 7.46. The summed E-state index contributed by atoms with van der Waals surface area (Å²) in [7, 11) is -4.79. The molecular formula is C33H61O11P. The average Bonchev–Trinajstić information content (AvgIpc) is 3.25. The number of esters is 2. The van der Waals surface area contributed by atoms with Gasteiger partial charge >= 0.3 is 19.8 Å². The SMILES string of the molecule is CCCCCCCCCC(=O)O[C@H](COC(=O)CCCCCC[C@@H]1[C@@H](/C=C/[C@@H](O)CCCCC)[C@H](O)C[C@@H]1O)COP(=O)(O)O. The quantitative estimate of drug-likeness (QED) is 0.0306. The van der Waals surface area contributed by atoms with E-state index in [1.54, 1.807) is 6.08 Å². The first kappa shape index (κ1) is 41.7. The lowest BCUT2D eigenvalue weighted by molar-refractivity contribution is -0.161. The Hall–Kier alpha value is -1.33. The van der Waals surface area contributed by atoms with E-state index in [9.17, 15) is 29.5 Å². The van der Waals surface area contributed by atoms with Crippen molar-refractivity contribution in [2.75, 3.05) is 13.2 Å². The maximum atomic E-state index is 12.3. The molecule has 0 saturated heterocycles. The Morgan fingerprint density at radius 2 is 1.38 bits per heavy atom. The molecule has 5 N–H and O–H groups in total. The fourth-order valence-electron chi connectivity index (χ4n) is 5.76. The summed E-state index contributed by atoms with van der Waals surface area (Å²) >= 11 is 0. The Morgan fingerprint density at radius 1 is 0.800 bits per heavy atom. The lowest BCUT2D eigenvalue weighted by atomic mass is 9.88. The molecule has 0 aromatic rings. The summed E-state index contributed by atoms with van der Waals surface area (Å²) in [5, 5.41) is 31.1. The number of carbonyl (C=O) groups excluding carboxylic acids is 2. The maximum Gasteiger partial charge on any atom is 0.469 e. The molecule has 6 atom stereocenters. The molecule has 0 heterocycles. The van der Waals surface area contributed by atoms with Crippen molar-refractivity contribution in [3.63, 3.8) is 0 Å². The molecular weight excluding hydrogens is 603 g/mol. The van der Waals surface area contributed by atoms with Crippen molar-refractivity contribution in [3.8, 4) is 0 Å². The van der Waals surface area contributed by atoms with Crippen molar-refractivity contribution in [3.05, 3.63) is 12.2 Å². The number of aliphatic hydroxyl groups is 3. The molecule has 0 aromatic heterocycles. The fourth-order valence-corrected chi connectivity index (χ4v) is 6.12. The van der Waals surface area contributed by atoms with Crippen molar-refractivity contribution >= 4 is 19.8 Å². The topological polar surface area (TPSA) is 180 Å². The number of phosphoric ester groups is 1. The monoisotopic (exact) mass is 664 g/mol. The van der Waals surface area contributed by atoms with Crippen molar-refractivity contribution < 1.29 is 53.3 Å². The van der Waals surface area contributed by atoms with Crippen LogP contribution in [0, 0.1) is 11.8 Å². The van der Waals surface area contributed by atoms with Crippen molar-refractivity contribution in [2.45, 2.75) is 160 Å². The van der Waals surface area contributed by atoms with Crippen LogP contribution in [-0.2, 0) is 28.2 Å². The molecule has 1 rings (SSSR count). The largest absolute Gasteiger partial charge is 0.469 e. The zero-order valence-corrected chi connectivity index (χ0v) is 28.5. The fraction of sp³-hybridized carbons (Fsp3) is 0.879. The first-order valence-corrected chi connectivity index (χ1v) is 18.8. The smallest absolute Gasteiger partial charge is 0.462 e. The Balaban J connectivity index is 2.35. The second kappa shape index (κ2) is 24.8. The van der Waals surface area contributed by atoms with E-state index in [0.29, 0.717) is 25.7 Å². The summed E-state index contributed by atoms with van der Waals surface area (Å²) in [6.45, 7) is 3.32. The predicted molar refractivity (Wildman–Crippen MR) is 172 cm³/mol. The molecule has 0 bridgehead atoms. The molecule has 1 fully saturated rings. The van der Waals surface area contributed by atoms with E-state index in [0.717, 1.165) is 64.2 Å². The molecule has 1 saturated carbocycles. The van der Waals surface area contributed by atoms with Crippen LogP contribution in [0.2, 0.25) is 0 Å². The number of hydrogen-bond acceptors (Lipinski definition) is 9. The lowest BCUT2D eigenvalue weighted by Crippen LogP contribution is -2.29. The number of rotatable bonds is 27. The normalized spacial score (nSPS) is 21.7. The minimum absolute atomic E-state index is 0.0788. The number of unbranched alkanes of at least 4 members (excludes halogenated alkanes) is 11. The van der Waals surface area contributed by atoms with Crippen LogP contribution in [0.3, 0.4) is 0 Å². The van der Waals surface area contributed by atoms with Crippen LogP contribution in [0.1, 0.15) is 136 Å². The summed E-state index contributed by atoms with van der Waals surface area (Å²) in [4.78, 5) is 42.6. The lowest BCUT2D eigenvalue weighted by Gasteiger charge is -2.21. The van der Waals surface area contributed by atoms with Crippen LogP contribution in [0.5, 0.6) is 0 Å². The van der Waals surface area contributed by atoms with Crippen molar-refractivity contribution in [2.24, 2.45) is 11.8 Å². The van der Waals surface area contributed by atoms with Crippen LogP contribution in [0.25, 0.3) is 0 Å². The molecule has 1 aliphatic carbocycles. The first-order valence-electron chi connectivity index (χ1n) is 17.2. The van der Waals surface area contributed by atoms with Crippen LogP contribution >= 0.6 is 7.82 Å². The Labute approximate surface area is 270 Å². The van der Waals surface area contributed by atoms with Crippen LogP contribution in [0.15, 0.2) is 12.2 Å². The summed E-state index contributed by atoms with van der Waals surface area (Å²) in [5.41, 5.74) is 0. The molecule has 264 valence electrons. The van der Waals surface area contributed by atoms with E-state index < -0.39 is 50.8 Å². The van der Waals surface area contributed by atoms with Crippen LogP contribution < -0.4 is 0 Å². The van der Waals surface area contributed by atoms with E-state index in [1.807, 2.05) is 6.08 Å². The second-order valence-electron chi connectivity index (χ2n) is 12.5. The van der Waals surface area contributed by atoms with Gasteiger partial charge in [-0.1, -0.05) is 103 Å². The van der Waals surface area contributed by atoms with Gasteiger partial charge in [0.1, 0.15) is 6.61 Å². The van der Waals surface area contributed by atoms with Gasteiger partial charge < -0.3 is 34.6 Å². The molecule has 0 spiro atoms. The number of hydrogen-bond donors (Lipinski definition) is 5. The molecule has 0 aromatic carbocycles. The zero-order valence-electron chi connectivity index (χ0n) is 27.6. The average molecular weight is 665 g/mol. The van der Waals surface area contributed by atoms with Gasteiger partial charge in [0, 0.05) is 25.2 Å². The Morgan fingerprint density at radius 3 is 2.02 bits per heavy atom. The second-order valence-corrected chi connectivity index (χ2v) is 13.7. The van der Waals surface area contributed by atoms with Gasteiger partial charge in [-0.3, -0.25) is 14.1 Å². The van der Waals surface area contributed by atoms with Gasteiger partial charge in [0.05, 0.1) is 24.9 Å². The predicted octanol–water partition coefficient (Wildman–Crippen LogP) is 5.89. The highest BCUT2D eigenvalue weighted by Gasteiger charge is 2.39. The van der Waals surface area contributed by atoms with Crippen LogP contribution in [-0.4, -0.2) is 74.7 Å². The van der Waals surface area contributed by atoms with Crippen molar-refractivity contribution in [1.82, 2.24) is 0 Å². The summed E-state index contributed by atoms with van der Waals surface area (Å²) in [6.07, 6.45) is 16.1. The van der Waals surface area contributed by atoms with Gasteiger partial charge in [0.2, 0.25) is 0 Å². The first-order chi connectivity index (χ1) is 21.5. The molecule has 11 nitrogen and oxygen atoms in total. The third-order valence-electron chi connectivity index (χ3n) is 8.38. The van der Waals surface area contributed by atoms with Gasteiger partial charge in [-0.2, -0.15) is 0 Å². The third kappa shape index (κ3) is 21.2. The van der Waals surface area contributed by atoms with E-state index >= 15 is 0 Å². The number of phosphoric acid groups is 1. The Kier molecular flexibility index (Phi) is 23.0. The molecule has 0 amide bonds. The molecule has 0 unspecified atom stereocenters. The minimum Gasteiger partial charge on any atom is -0.462 e. The Bertz CT molecular complexity index is 862. The summed E-state index contributed by atoms with van der Waals surface area (Å²) < 4.78 is 26.1. The maximum absolute atomic E-state index is 12.3. The highest BCUT2D eigenvalue weighted by Crippen LogP contribution is 2.37. The van der Waals surface area contributed by atoms with Gasteiger partial charge in [-0.25, -0.2) is 4.57 Å². The van der Waals surface area contributed by atoms with Gasteiger partial charge in [-0.15, -0.1) is 0 Å². The number of aliphatic hydroxyl groups excluding tert-OH is 3. The van der Waals surface area contributed by atoms with E-state index in [2.05, 4.69) is 18.4 Å². The molecule has 0 aliphatic heterocycles. The highest BCUT2D eigenvalue weighted by atomic mass is 31.2. The summed E-state index contributed by atoms with van der Waals surface area (Å²) in [5.74, 6) is -1.30. The van der Waals surface area contributed by atoms with Gasteiger partial charge in [-0.05, 0) is 31.6 Å². The van der Waals surface area contributed by atoms with Gasteiger partial charge in [0.25, 0.3) is 0 Å². The van der Waals surface area contributed by atoms with E-state index in [4.69, 9.17) is 19.3 Å².